The Bertz CT molecular complexity index is 658. The fourth-order valence-electron chi connectivity index (χ4n) is 3.74. The third kappa shape index (κ3) is 8.05. The summed E-state index contributed by atoms with van der Waals surface area (Å²) < 4.78 is 0. The zero-order chi connectivity index (χ0) is 21.1. The van der Waals surface area contributed by atoms with Gasteiger partial charge in [-0.3, -0.25) is 9.79 Å². The maximum absolute atomic E-state index is 12.1. The van der Waals surface area contributed by atoms with Gasteiger partial charge >= 0.3 is 0 Å². The fraction of sp³-hybridized carbons (Fsp3) is 0.652. The van der Waals surface area contributed by atoms with Crippen LogP contribution in [0.2, 0.25) is 0 Å². The largest absolute Gasteiger partial charge is 0.357 e. The molecule has 1 aliphatic heterocycles. The van der Waals surface area contributed by atoms with Crippen LogP contribution in [0.4, 0.5) is 0 Å². The van der Waals surface area contributed by atoms with E-state index in [9.17, 15) is 4.79 Å². The lowest BCUT2D eigenvalue weighted by Gasteiger charge is -2.33. The summed E-state index contributed by atoms with van der Waals surface area (Å²) in [6, 6.07) is 8.58. The van der Waals surface area contributed by atoms with E-state index in [0.29, 0.717) is 6.04 Å². The molecule has 29 heavy (non-hydrogen) atoms. The molecule has 0 spiro atoms. The number of benzene rings is 1. The molecule has 0 bridgehead atoms. The maximum Gasteiger partial charge on any atom is 0.253 e. The molecule has 0 radical (unpaired) electrons. The highest BCUT2D eigenvalue weighted by atomic mass is 16.2. The highest BCUT2D eigenvalue weighted by Crippen LogP contribution is 2.16. The molecule has 1 aliphatic rings. The predicted molar refractivity (Wildman–Crippen MR) is 122 cm³/mol. The first-order valence-corrected chi connectivity index (χ1v) is 11.1. The fourth-order valence-corrected chi connectivity index (χ4v) is 3.74. The first kappa shape index (κ1) is 23.2. The minimum absolute atomic E-state index is 0.0396. The van der Waals surface area contributed by atoms with Crippen LogP contribution in [-0.4, -0.2) is 74.5 Å². The van der Waals surface area contributed by atoms with Crippen molar-refractivity contribution in [1.29, 1.82) is 0 Å². The van der Waals surface area contributed by atoms with E-state index in [-0.39, 0.29) is 5.91 Å². The van der Waals surface area contributed by atoms with Crippen molar-refractivity contribution in [2.45, 2.75) is 52.0 Å². The molecule has 162 valence electrons. The van der Waals surface area contributed by atoms with Gasteiger partial charge in [0.25, 0.3) is 5.91 Å². The number of amides is 1. The van der Waals surface area contributed by atoms with E-state index in [2.05, 4.69) is 35.4 Å². The number of guanidine groups is 1. The van der Waals surface area contributed by atoms with Crippen molar-refractivity contribution in [3.63, 3.8) is 0 Å². The van der Waals surface area contributed by atoms with E-state index in [1.54, 1.807) is 19.0 Å². The van der Waals surface area contributed by atoms with Crippen molar-refractivity contribution in [2.24, 2.45) is 4.99 Å². The van der Waals surface area contributed by atoms with Gasteiger partial charge in [-0.2, -0.15) is 0 Å². The van der Waals surface area contributed by atoms with Crippen molar-refractivity contribution in [3.05, 3.63) is 35.4 Å². The van der Waals surface area contributed by atoms with Crippen LogP contribution >= 0.6 is 0 Å². The number of carbonyl (C=O) groups is 1. The first-order chi connectivity index (χ1) is 14.0. The normalized spacial score (nSPS) is 17.8. The Morgan fingerprint density at radius 2 is 2.10 bits per heavy atom. The zero-order valence-corrected chi connectivity index (χ0v) is 18.7. The summed E-state index contributed by atoms with van der Waals surface area (Å²) in [6.07, 6.45) is 5.98. The molecule has 1 heterocycles. The van der Waals surface area contributed by atoms with Gasteiger partial charge in [-0.05, 0) is 63.8 Å². The van der Waals surface area contributed by atoms with Crippen molar-refractivity contribution < 1.29 is 4.79 Å². The average molecular weight is 402 g/mol. The SMILES string of the molecule is CCNC(=NCCCN1CCCCC1C)NCCc1cccc(C(=O)N(C)C)c1. The van der Waals surface area contributed by atoms with Gasteiger partial charge in [0.1, 0.15) is 0 Å². The van der Waals surface area contributed by atoms with E-state index < -0.39 is 0 Å². The number of likely N-dealkylation sites (tertiary alicyclic amines) is 1. The van der Waals surface area contributed by atoms with Crippen molar-refractivity contribution in [1.82, 2.24) is 20.4 Å². The molecule has 0 saturated carbocycles. The van der Waals surface area contributed by atoms with Crippen molar-refractivity contribution in [2.75, 3.05) is 46.8 Å². The third-order valence-electron chi connectivity index (χ3n) is 5.44. The Balaban J connectivity index is 1.77. The number of nitrogens with one attached hydrogen (secondary N) is 2. The molecule has 0 aliphatic carbocycles. The summed E-state index contributed by atoms with van der Waals surface area (Å²) in [5.74, 6) is 0.914. The minimum Gasteiger partial charge on any atom is -0.357 e. The zero-order valence-electron chi connectivity index (χ0n) is 18.7. The number of hydrogen-bond acceptors (Lipinski definition) is 3. The predicted octanol–water partition coefficient (Wildman–Crippen LogP) is 2.75. The highest BCUT2D eigenvalue weighted by Gasteiger charge is 2.17. The van der Waals surface area contributed by atoms with Crippen molar-refractivity contribution >= 4 is 11.9 Å². The van der Waals surface area contributed by atoms with Gasteiger partial charge in [0.2, 0.25) is 0 Å². The second-order valence-electron chi connectivity index (χ2n) is 8.07. The lowest BCUT2D eigenvalue weighted by atomic mass is 10.0. The highest BCUT2D eigenvalue weighted by molar-refractivity contribution is 5.94. The third-order valence-corrected chi connectivity index (χ3v) is 5.44. The number of piperidine rings is 1. The second kappa shape index (κ2) is 12.5. The molecule has 2 N–H and O–H groups in total. The molecule has 2 rings (SSSR count). The van der Waals surface area contributed by atoms with E-state index >= 15 is 0 Å². The Labute approximate surface area is 176 Å². The Morgan fingerprint density at radius 3 is 2.83 bits per heavy atom. The van der Waals surface area contributed by atoms with Gasteiger partial charge < -0.3 is 20.4 Å². The molecule has 6 heteroatoms. The van der Waals surface area contributed by atoms with E-state index in [1.165, 1.54) is 25.8 Å². The molecule has 1 saturated heterocycles. The Morgan fingerprint density at radius 1 is 1.28 bits per heavy atom. The molecule has 0 aromatic heterocycles. The molecule has 1 amide bonds. The topological polar surface area (TPSA) is 60.0 Å². The maximum atomic E-state index is 12.1. The first-order valence-electron chi connectivity index (χ1n) is 11.1. The van der Waals surface area contributed by atoms with Gasteiger partial charge in [0, 0.05) is 51.9 Å². The van der Waals surface area contributed by atoms with Crippen LogP contribution in [-0.2, 0) is 6.42 Å². The summed E-state index contributed by atoms with van der Waals surface area (Å²) in [5.41, 5.74) is 1.89. The van der Waals surface area contributed by atoms with Crippen molar-refractivity contribution in [3.8, 4) is 0 Å². The summed E-state index contributed by atoms with van der Waals surface area (Å²) >= 11 is 0. The minimum atomic E-state index is 0.0396. The molecule has 1 unspecified atom stereocenters. The standard InChI is InChI=1S/C23H39N5O/c1-5-24-23(25-14-9-17-28-16-7-6-10-19(28)2)26-15-13-20-11-8-12-21(18-20)22(29)27(3)4/h8,11-12,18-19H,5-7,9-10,13-17H2,1-4H3,(H2,24,25,26). The van der Waals surface area contributed by atoms with Crippen LogP contribution in [0.25, 0.3) is 0 Å². The smallest absolute Gasteiger partial charge is 0.253 e. The second-order valence-corrected chi connectivity index (χ2v) is 8.07. The van der Waals surface area contributed by atoms with Gasteiger partial charge in [-0.1, -0.05) is 18.6 Å². The number of nitrogens with zero attached hydrogens (tertiary/aromatic N) is 3. The van der Waals surface area contributed by atoms with Gasteiger partial charge in [0.05, 0.1) is 0 Å². The number of aliphatic imine (C=N–C) groups is 1. The number of hydrogen-bond donors (Lipinski definition) is 2. The molecule has 1 aromatic rings. The quantitative estimate of drug-likeness (QED) is 0.379. The molecule has 1 aromatic carbocycles. The van der Waals surface area contributed by atoms with Crippen LogP contribution in [0, 0.1) is 0 Å². The summed E-state index contributed by atoms with van der Waals surface area (Å²) in [5, 5.41) is 6.74. The van der Waals surface area contributed by atoms with E-state index in [1.807, 2.05) is 18.2 Å². The monoisotopic (exact) mass is 401 g/mol. The molecular formula is C23H39N5O. The lowest BCUT2D eigenvalue weighted by Crippen LogP contribution is -2.39. The molecule has 6 nitrogen and oxygen atoms in total. The van der Waals surface area contributed by atoms with E-state index in [4.69, 9.17) is 4.99 Å². The molecular weight excluding hydrogens is 362 g/mol. The summed E-state index contributed by atoms with van der Waals surface area (Å²) in [7, 11) is 3.56. The van der Waals surface area contributed by atoms with E-state index in [0.717, 1.165) is 56.1 Å². The van der Waals surface area contributed by atoms with Crippen LogP contribution in [0.15, 0.2) is 29.3 Å². The number of carbonyl (C=O) groups excluding carboxylic acids is 1. The van der Waals surface area contributed by atoms with Gasteiger partial charge in [0.15, 0.2) is 5.96 Å². The average Bonchev–Trinajstić information content (AvgIpc) is 2.72. The van der Waals surface area contributed by atoms with Crippen LogP contribution < -0.4 is 10.6 Å². The van der Waals surface area contributed by atoms with Crippen LogP contribution in [0.5, 0.6) is 0 Å². The van der Waals surface area contributed by atoms with Gasteiger partial charge in [-0.15, -0.1) is 0 Å². The summed E-state index contributed by atoms with van der Waals surface area (Å²) in [6.45, 7) is 9.27. The molecule has 1 fully saturated rings. The lowest BCUT2D eigenvalue weighted by molar-refractivity contribution is 0.0827. The number of rotatable bonds is 9. The Hall–Kier alpha value is -2.08. The van der Waals surface area contributed by atoms with Crippen LogP contribution in [0.3, 0.4) is 0 Å². The van der Waals surface area contributed by atoms with Gasteiger partial charge in [-0.25, -0.2) is 0 Å². The van der Waals surface area contributed by atoms with Crippen LogP contribution in [0.1, 0.15) is 55.5 Å². The Kier molecular flexibility index (Phi) is 9.98. The molecule has 1 atom stereocenters. The summed E-state index contributed by atoms with van der Waals surface area (Å²) in [4.78, 5) is 21.1.